The molecule has 0 aliphatic carbocycles. The smallest absolute Gasteiger partial charge is 0.254 e. The molecule has 0 saturated heterocycles. The van der Waals surface area contributed by atoms with Crippen molar-refractivity contribution < 1.29 is 19.1 Å². The molecule has 1 N–H and O–H groups in total. The van der Waals surface area contributed by atoms with E-state index in [0.717, 1.165) is 11.1 Å². The van der Waals surface area contributed by atoms with Crippen molar-refractivity contribution in [3.05, 3.63) is 87.9 Å². The first-order chi connectivity index (χ1) is 16.0. The number of nitrogens with one attached hydrogen (secondary N) is 1. The van der Waals surface area contributed by atoms with Crippen LogP contribution < -0.4 is 14.8 Å². The highest BCUT2D eigenvalue weighted by Gasteiger charge is 2.46. The number of rotatable bonds is 4. The summed E-state index contributed by atoms with van der Waals surface area (Å²) in [5.74, 6) is 0.332. The predicted molar refractivity (Wildman–Crippen MR) is 126 cm³/mol. The molecular formula is C26H23ClN2O4. The molecule has 2 heterocycles. The Bertz CT molecular complexity index is 1260. The quantitative estimate of drug-likeness (QED) is 0.602. The molecule has 33 heavy (non-hydrogen) atoms. The van der Waals surface area contributed by atoms with Gasteiger partial charge in [0.1, 0.15) is 0 Å². The van der Waals surface area contributed by atoms with Gasteiger partial charge in [0, 0.05) is 22.8 Å². The van der Waals surface area contributed by atoms with Crippen LogP contribution >= 0.6 is 11.6 Å². The molecule has 2 atom stereocenters. The maximum atomic E-state index is 13.7. The Balaban J connectivity index is 1.65. The third kappa shape index (κ3) is 3.60. The summed E-state index contributed by atoms with van der Waals surface area (Å²) >= 11 is 6.12. The molecule has 0 aromatic heterocycles. The summed E-state index contributed by atoms with van der Waals surface area (Å²) in [5.41, 5.74) is 3.82. The summed E-state index contributed by atoms with van der Waals surface area (Å²) in [7, 11) is 3.18. The first-order valence-electron chi connectivity index (χ1n) is 10.7. The standard InChI is InChI=1S/C26H23ClN2O4/c1-32-21-12-15-10-11-29-24(20(15)14-22(21)33-2)23(18-8-3-4-9-19(18)26(29)31)25(30)28-17-7-5-6-16(27)13-17/h3-9,12-14,23-24H,10-11H2,1-2H3,(H,28,30)/t23-,24+/m0/s1. The first-order valence-corrected chi connectivity index (χ1v) is 11.1. The minimum atomic E-state index is -0.602. The summed E-state index contributed by atoms with van der Waals surface area (Å²) in [6.07, 6.45) is 0.669. The fourth-order valence-corrected chi connectivity index (χ4v) is 5.11. The lowest BCUT2D eigenvalue weighted by Gasteiger charge is -2.45. The zero-order valence-electron chi connectivity index (χ0n) is 18.3. The number of hydrogen-bond acceptors (Lipinski definition) is 4. The highest BCUT2D eigenvalue weighted by atomic mass is 35.5. The number of nitrogens with zero attached hydrogens (tertiary/aromatic N) is 1. The third-order valence-corrected chi connectivity index (χ3v) is 6.63. The molecule has 0 saturated carbocycles. The van der Waals surface area contributed by atoms with Crippen molar-refractivity contribution in [1.82, 2.24) is 4.90 Å². The lowest BCUT2D eigenvalue weighted by molar-refractivity contribution is -0.119. The van der Waals surface area contributed by atoms with Gasteiger partial charge in [-0.2, -0.15) is 0 Å². The van der Waals surface area contributed by atoms with Gasteiger partial charge >= 0.3 is 0 Å². The van der Waals surface area contributed by atoms with Crippen LogP contribution in [0.4, 0.5) is 5.69 Å². The number of carbonyl (C=O) groups is 2. The molecule has 7 heteroatoms. The molecule has 0 fully saturated rings. The molecule has 0 radical (unpaired) electrons. The minimum absolute atomic E-state index is 0.0668. The molecule has 6 nitrogen and oxygen atoms in total. The SMILES string of the molecule is COc1cc2c(cc1OC)[C@@H]1[C@@H](C(=O)Nc3cccc(Cl)c3)c3ccccc3C(=O)N1CC2. The third-order valence-electron chi connectivity index (χ3n) is 6.40. The van der Waals surface area contributed by atoms with E-state index in [4.69, 9.17) is 21.1 Å². The molecular weight excluding hydrogens is 440 g/mol. The molecule has 0 unspecified atom stereocenters. The van der Waals surface area contributed by atoms with Gasteiger partial charge in [0.15, 0.2) is 11.5 Å². The van der Waals surface area contributed by atoms with E-state index in [1.807, 2.05) is 30.3 Å². The van der Waals surface area contributed by atoms with E-state index >= 15 is 0 Å². The summed E-state index contributed by atoms with van der Waals surface area (Å²) in [5, 5.41) is 3.54. The fourth-order valence-electron chi connectivity index (χ4n) is 4.92. The second-order valence-electron chi connectivity index (χ2n) is 8.16. The van der Waals surface area contributed by atoms with E-state index in [1.54, 1.807) is 49.5 Å². The van der Waals surface area contributed by atoms with E-state index in [9.17, 15) is 9.59 Å². The number of carbonyl (C=O) groups excluding carboxylic acids is 2. The van der Waals surface area contributed by atoms with Crippen LogP contribution in [-0.4, -0.2) is 37.5 Å². The van der Waals surface area contributed by atoms with Crippen molar-refractivity contribution in [3.63, 3.8) is 0 Å². The molecule has 5 rings (SSSR count). The Kier molecular flexibility index (Phi) is 5.46. The molecule has 3 aromatic rings. The second-order valence-corrected chi connectivity index (χ2v) is 8.60. The maximum absolute atomic E-state index is 13.7. The Morgan fingerprint density at radius 1 is 1.00 bits per heavy atom. The van der Waals surface area contributed by atoms with Gasteiger partial charge in [0.25, 0.3) is 5.91 Å². The number of ether oxygens (including phenoxy) is 2. The van der Waals surface area contributed by atoms with Crippen molar-refractivity contribution in [2.75, 3.05) is 26.1 Å². The Morgan fingerprint density at radius 2 is 1.76 bits per heavy atom. The van der Waals surface area contributed by atoms with E-state index in [2.05, 4.69) is 5.32 Å². The van der Waals surface area contributed by atoms with Gasteiger partial charge in [0.2, 0.25) is 5.91 Å². The first kappa shape index (κ1) is 21.3. The van der Waals surface area contributed by atoms with Gasteiger partial charge in [-0.15, -0.1) is 0 Å². The van der Waals surface area contributed by atoms with E-state index in [1.165, 1.54) is 0 Å². The Hall–Kier alpha value is -3.51. The average Bonchev–Trinajstić information content (AvgIpc) is 2.83. The monoisotopic (exact) mass is 462 g/mol. The van der Waals surface area contributed by atoms with Crippen LogP contribution in [0.3, 0.4) is 0 Å². The fraction of sp³-hybridized carbons (Fsp3) is 0.231. The van der Waals surface area contributed by atoms with Crippen molar-refractivity contribution in [2.24, 2.45) is 0 Å². The number of anilines is 1. The van der Waals surface area contributed by atoms with Crippen molar-refractivity contribution in [1.29, 1.82) is 0 Å². The van der Waals surface area contributed by atoms with Crippen LogP contribution in [0.15, 0.2) is 60.7 Å². The van der Waals surface area contributed by atoms with Crippen molar-refractivity contribution in [3.8, 4) is 11.5 Å². The van der Waals surface area contributed by atoms with Crippen LogP contribution in [0.1, 0.15) is 39.0 Å². The van der Waals surface area contributed by atoms with Crippen LogP contribution in [0, 0.1) is 0 Å². The molecule has 3 aromatic carbocycles. The molecule has 2 amide bonds. The molecule has 0 spiro atoms. The Labute approximate surface area is 197 Å². The average molecular weight is 463 g/mol. The normalized spacial score (nSPS) is 18.6. The number of halogens is 1. The number of fused-ring (bicyclic) bond motifs is 4. The predicted octanol–water partition coefficient (Wildman–Crippen LogP) is 4.83. The number of methoxy groups -OCH3 is 2. The minimum Gasteiger partial charge on any atom is -0.493 e. The van der Waals surface area contributed by atoms with E-state index < -0.39 is 12.0 Å². The topological polar surface area (TPSA) is 67.9 Å². The van der Waals surface area contributed by atoms with Gasteiger partial charge in [0.05, 0.1) is 26.2 Å². The largest absolute Gasteiger partial charge is 0.493 e. The zero-order valence-corrected chi connectivity index (χ0v) is 19.1. The highest BCUT2D eigenvalue weighted by Crippen LogP contribution is 2.48. The Morgan fingerprint density at radius 3 is 2.52 bits per heavy atom. The van der Waals surface area contributed by atoms with Gasteiger partial charge in [-0.25, -0.2) is 0 Å². The van der Waals surface area contributed by atoms with Crippen molar-refractivity contribution in [2.45, 2.75) is 18.4 Å². The van der Waals surface area contributed by atoms with Crippen LogP contribution in [0.5, 0.6) is 11.5 Å². The molecule has 2 aliphatic rings. The number of benzene rings is 3. The number of hydrogen-bond donors (Lipinski definition) is 1. The lowest BCUT2D eigenvalue weighted by Crippen LogP contribution is -2.49. The highest BCUT2D eigenvalue weighted by molar-refractivity contribution is 6.30. The molecule has 2 aliphatic heterocycles. The maximum Gasteiger partial charge on any atom is 0.254 e. The van der Waals surface area contributed by atoms with Gasteiger partial charge < -0.3 is 19.7 Å². The van der Waals surface area contributed by atoms with Gasteiger partial charge in [-0.1, -0.05) is 35.9 Å². The second kappa shape index (κ2) is 8.45. The summed E-state index contributed by atoms with van der Waals surface area (Å²) < 4.78 is 11.0. The summed E-state index contributed by atoms with van der Waals surface area (Å²) in [6.45, 7) is 0.515. The van der Waals surface area contributed by atoms with Crippen LogP contribution in [-0.2, 0) is 11.2 Å². The zero-order chi connectivity index (χ0) is 23.1. The summed E-state index contributed by atoms with van der Waals surface area (Å²) in [6, 6.07) is 17.8. The van der Waals surface area contributed by atoms with E-state index in [0.29, 0.717) is 46.3 Å². The lowest BCUT2D eigenvalue weighted by atomic mass is 9.75. The summed E-state index contributed by atoms with van der Waals surface area (Å²) in [4.78, 5) is 29.0. The van der Waals surface area contributed by atoms with Crippen molar-refractivity contribution >= 4 is 29.1 Å². The number of amides is 2. The van der Waals surface area contributed by atoms with Gasteiger partial charge in [-0.05, 0) is 59.5 Å². The van der Waals surface area contributed by atoms with Gasteiger partial charge in [-0.3, -0.25) is 9.59 Å². The molecule has 0 bridgehead atoms. The van der Waals surface area contributed by atoms with Crippen LogP contribution in [0.25, 0.3) is 0 Å². The van der Waals surface area contributed by atoms with Crippen LogP contribution in [0.2, 0.25) is 5.02 Å². The van der Waals surface area contributed by atoms with E-state index in [-0.39, 0.29) is 11.8 Å². The molecule has 168 valence electrons.